The van der Waals surface area contributed by atoms with Gasteiger partial charge in [0.1, 0.15) is 5.03 Å². The van der Waals surface area contributed by atoms with E-state index < -0.39 is 10.8 Å². The van der Waals surface area contributed by atoms with Gasteiger partial charge in [-0.2, -0.15) is 0 Å². The second-order valence-electron chi connectivity index (χ2n) is 3.82. The van der Waals surface area contributed by atoms with Crippen molar-refractivity contribution < 1.29 is 4.21 Å². The van der Waals surface area contributed by atoms with Crippen LogP contribution in [0.25, 0.3) is 0 Å². The molecular weight excluding hydrogens is 246 g/mol. The number of hydrogen-bond acceptors (Lipinski definition) is 4. The number of nitrogens with zero attached hydrogens (tertiary/aromatic N) is 2. The Labute approximate surface area is 102 Å². The fraction of sp³-hybridized carbons (Fsp3) is 0.600. The number of piperidine rings is 1. The molecule has 1 N–H and O–H groups in total. The van der Waals surface area contributed by atoms with Crippen molar-refractivity contribution in [3.63, 3.8) is 0 Å². The van der Waals surface area contributed by atoms with Gasteiger partial charge in [-0.1, -0.05) is 6.42 Å². The van der Waals surface area contributed by atoms with Crippen LogP contribution in [0.3, 0.4) is 0 Å². The molecule has 0 aromatic carbocycles. The van der Waals surface area contributed by atoms with E-state index >= 15 is 0 Å². The van der Waals surface area contributed by atoms with Gasteiger partial charge in [0.15, 0.2) is 0 Å². The molecule has 0 unspecified atom stereocenters. The smallest absolute Gasteiger partial charge is 0.223 e. The summed E-state index contributed by atoms with van der Waals surface area (Å²) in [6.07, 6.45) is 5.04. The lowest BCUT2D eigenvalue weighted by atomic mass is 10.1. The lowest BCUT2D eigenvalue weighted by Gasteiger charge is -2.22. The molecule has 2 heterocycles. The Kier molecular flexibility index (Phi) is 4.26. The lowest BCUT2D eigenvalue weighted by molar-refractivity contribution is 0.427. The molecule has 0 saturated carbocycles. The van der Waals surface area contributed by atoms with Gasteiger partial charge in [-0.3, -0.25) is 4.21 Å². The second-order valence-corrected chi connectivity index (χ2v) is 5.60. The summed E-state index contributed by atoms with van der Waals surface area (Å²) in [6.45, 7) is 1.02. The summed E-state index contributed by atoms with van der Waals surface area (Å²) in [5.41, 5.74) is 0. The van der Waals surface area contributed by atoms with Crippen molar-refractivity contribution >= 4 is 22.4 Å². The Balaban J connectivity index is 1.97. The first kappa shape index (κ1) is 12.0. The summed E-state index contributed by atoms with van der Waals surface area (Å²) in [7, 11) is -1.09. The third-order valence-electron chi connectivity index (χ3n) is 2.60. The van der Waals surface area contributed by atoms with Crippen LogP contribution in [-0.4, -0.2) is 32.5 Å². The van der Waals surface area contributed by atoms with Gasteiger partial charge >= 0.3 is 0 Å². The van der Waals surface area contributed by atoms with Gasteiger partial charge in [0, 0.05) is 18.0 Å². The summed E-state index contributed by atoms with van der Waals surface area (Å²) in [5, 5.41) is 4.04. The predicted octanol–water partition coefficient (Wildman–Crippen LogP) is 1.38. The number of aromatic nitrogens is 2. The number of nitrogens with one attached hydrogen (secondary N) is 1. The van der Waals surface area contributed by atoms with Gasteiger partial charge < -0.3 is 5.32 Å². The highest BCUT2D eigenvalue weighted by Gasteiger charge is 2.17. The van der Waals surface area contributed by atoms with Crippen molar-refractivity contribution in [2.45, 2.75) is 30.3 Å². The zero-order chi connectivity index (χ0) is 11.4. The zero-order valence-electron chi connectivity index (χ0n) is 8.86. The third-order valence-corrected chi connectivity index (χ3v) is 4.18. The molecular formula is C10H14ClN3OS. The van der Waals surface area contributed by atoms with Crippen LogP contribution in [0.5, 0.6) is 0 Å². The molecule has 16 heavy (non-hydrogen) atoms. The molecule has 1 aromatic rings. The molecule has 0 radical (unpaired) electrons. The maximum absolute atomic E-state index is 12.0. The van der Waals surface area contributed by atoms with E-state index in [1.54, 1.807) is 6.07 Å². The minimum Gasteiger partial charge on any atom is -0.313 e. The van der Waals surface area contributed by atoms with Gasteiger partial charge in [-0.05, 0) is 37.1 Å². The molecule has 0 bridgehead atoms. The van der Waals surface area contributed by atoms with E-state index in [0.717, 1.165) is 13.0 Å². The molecule has 1 aliphatic heterocycles. The van der Waals surface area contributed by atoms with E-state index in [0.29, 0.717) is 16.8 Å². The number of halogens is 1. The Morgan fingerprint density at radius 1 is 1.56 bits per heavy atom. The van der Waals surface area contributed by atoms with Crippen molar-refractivity contribution in [3.05, 3.63) is 17.5 Å². The molecule has 2 rings (SSSR count). The van der Waals surface area contributed by atoms with Crippen LogP contribution in [0.2, 0.25) is 5.28 Å². The molecule has 88 valence electrons. The summed E-state index contributed by atoms with van der Waals surface area (Å²) in [5.74, 6) is 0.605. The van der Waals surface area contributed by atoms with E-state index in [4.69, 9.17) is 11.6 Å². The molecule has 6 heteroatoms. The van der Waals surface area contributed by atoms with Crippen molar-refractivity contribution in [3.8, 4) is 0 Å². The topological polar surface area (TPSA) is 54.9 Å². The van der Waals surface area contributed by atoms with Crippen molar-refractivity contribution in [2.24, 2.45) is 0 Å². The summed E-state index contributed by atoms with van der Waals surface area (Å²) < 4.78 is 12.0. The molecule has 2 atom stereocenters. The van der Waals surface area contributed by atoms with Crippen LogP contribution in [-0.2, 0) is 10.8 Å². The quantitative estimate of drug-likeness (QED) is 0.658. The van der Waals surface area contributed by atoms with E-state index in [9.17, 15) is 4.21 Å². The average Bonchev–Trinajstić information content (AvgIpc) is 2.30. The maximum atomic E-state index is 12.0. The molecule has 1 saturated heterocycles. The Hall–Kier alpha value is -0.520. The summed E-state index contributed by atoms with van der Waals surface area (Å²) >= 11 is 5.66. The molecule has 1 aliphatic rings. The largest absolute Gasteiger partial charge is 0.313 e. The van der Waals surface area contributed by atoms with Crippen LogP contribution in [0.4, 0.5) is 0 Å². The van der Waals surface area contributed by atoms with Crippen LogP contribution in [0.15, 0.2) is 17.3 Å². The Bertz CT molecular complexity index is 382. The first-order valence-electron chi connectivity index (χ1n) is 5.36. The summed E-state index contributed by atoms with van der Waals surface area (Å²) in [4.78, 5) is 7.74. The SMILES string of the molecule is O=[S@@](C[C@H]1CCCCN1)c1ccnc(Cl)n1. The monoisotopic (exact) mass is 259 g/mol. The Morgan fingerprint density at radius 3 is 3.12 bits per heavy atom. The predicted molar refractivity (Wildman–Crippen MR) is 64.0 cm³/mol. The van der Waals surface area contributed by atoms with Crippen molar-refractivity contribution in [1.82, 2.24) is 15.3 Å². The first-order valence-corrected chi connectivity index (χ1v) is 7.06. The highest BCUT2D eigenvalue weighted by atomic mass is 35.5. The fourth-order valence-electron chi connectivity index (χ4n) is 1.78. The Morgan fingerprint density at radius 2 is 2.44 bits per heavy atom. The van der Waals surface area contributed by atoms with E-state index in [1.807, 2.05) is 0 Å². The third kappa shape index (κ3) is 3.23. The molecule has 4 nitrogen and oxygen atoms in total. The average molecular weight is 260 g/mol. The van der Waals surface area contributed by atoms with Crippen LogP contribution >= 0.6 is 11.6 Å². The van der Waals surface area contributed by atoms with Crippen molar-refractivity contribution in [2.75, 3.05) is 12.3 Å². The van der Waals surface area contributed by atoms with E-state index in [2.05, 4.69) is 15.3 Å². The van der Waals surface area contributed by atoms with Crippen molar-refractivity contribution in [1.29, 1.82) is 0 Å². The maximum Gasteiger partial charge on any atom is 0.223 e. The standard InChI is InChI=1S/C10H14ClN3OS/c11-10-13-6-4-9(14-10)16(15)7-8-3-1-2-5-12-8/h4,6,8,12H,1-3,5,7H2/t8-,16+/m1/s1. The van der Waals surface area contributed by atoms with E-state index in [-0.39, 0.29) is 5.28 Å². The van der Waals surface area contributed by atoms with Gasteiger partial charge in [0.25, 0.3) is 0 Å². The summed E-state index contributed by atoms with van der Waals surface area (Å²) in [6, 6.07) is 1.99. The molecule has 1 aromatic heterocycles. The number of hydrogen-bond donors (Lipinski definition) is 1. The lowest BCUT2D eigenvalue weighted by Crippen LogP contribution is -2.38. The molecule has 1 fully saturated rings. The van der Waals surface area contributed by atoms with E-state index in [1.165, 1.54) is 19.0 Å². The minimum absolute atomic E-state index is 0.155. The van der Waals surface area contributed by atoms with Crippen LogP contribution in [0.1, 0.15) is 19.3 Å². The first-order chi connectivity index (χ1) is 7.75. The van der Waals surface area contributed by atoms with Crippen LogP contribution in [0, 0.1) is 0 Å². The normalized spacial score (nSPS) is 22.9. The molecule has 0 aliphatic carbocycles. The zero-order valence-corrected chi connectivity index (χ0v) is 10.4. The van der Waals surface area contributed by atoms with Gasteiger partial charge in [0.05, 0.1) is 10.8 Å². The fourth-order valence-corrected chi connectivity index (χ4v) is 3.20. The van der Waals surface area contributed by atoms with Gasteiger partial charge in [-0.15, -0.1) is 0 Å². The number of rotatable bonds is 3. The highest BCUT2D eigenvalue weighted by Crippen LogP contribution is 2.12. The van der Waals surface area contributed by atoms with Gasteiger partial charge in [0.2, 0.25) is 5.28 Å². The molecule has 0 amide bonds. The van der Waals surface area contributed by atoms with Crippen LogP contribution < -0.4 is 5.32 Å². The minimum atomic E-state index is -1.09. The molecule has 0 spiro atoms. The second kappa shape index (κ2) is 5.70. The van der Waals surface area contributed by atoms with Gasteiger partial charge in [-0.25, -0.2) is 9.97 Å². The highest BCUT2D eigenvalue weighted by molar-refractivity contribution is 7.85.